The molecule has 1 aliphatic heterocycles. The van der Waals surface area contributed by atoms with Crippen LogP contribution in [0.15, 0.2) is 36.7 Å². The molecular weight excluding hydrogens is 236 g/mol. The Morgan fingerprint density at radius 3 is 2.95 bits per heavy atom. The molecule has 0 fully saturated rings. The normalized spacial score (nSPS) is 13.9. The van der Waals surface area contributed by atoms with Crippen LogP contribution < -0.4 is 5.32 Å². The van der Waals surface area contributed by atoms with E-state index in [1.54, 1.807) is 6.20 Å². The second kappa shape index (κ2) is 3.90. The molecule has 3 heterocycles. The maximum Gasteiger partial charge on any atom is 0.140 e. The van der Waals surface area contributed by atoms with E-state index in [1.807, 2.05) is 12.3 Å². The predicted octanol–water partition coefficient (Wildman–Crippen LogP) is 2.24. The van der Waals surface area contributed by atoms with Crippen molar-refractivity contribution in [2.24, 2.45) is 7.05 Å². The predicted molar refractivity (Wildman–Crippen MR) is 74.5 cm³/mol. The largest absolute Gasteiger partial charge is 0.327 e. The van der Waals surface area contributed by atoms with Crippen LogP contribution >= 0.6 is 0 Å². The summed E-state index contributed by atoms with van der Waals surface area (Å²) in [6.45, 7) is 1.93. The lowest BCUT2D eigenvalue weighted by atomic mass is 10.1. The molecule has 0 bridgehead atoms. The van der Waals surface area contributed by atoms with E-state index >= 15 is 0 Å². The number of imidazole rings is 1. The van der Waals surface area contributed by atoms with E-state index < -0.39 is 0 Å². The van der Waals surface area contributed by atoms with Gasteiger partial charge in [-0.05, 0) is 23.3 Å². The van der Waals surface area contributed by atoms with Crippen molar-refractivity contribution >= 4 is 11.0 Å². The van der Waals surface area contributed by atoms with E-state index in [1.165, 1.54) is 16.7 Å². The Bertz CT molecular complexity index is 773. The van der Waals surface area contributed by atoms with Crippen LogP contribution in [0.1, 0.15) is 11.1 Å². The number of aromatic nitrogens is 3. The molecule has 1 aliphatic rings. The molecule has 0 spiro atoms. The van der Waals surface area contributed by atoms with Gasteiger partial charge in [0.2, 0.25) is 0 Å². The van der Waals surface area contributed by atoms with Crippen LogP contribution in [0.5, 0.6) is 0 Å². The standard InChI is InChI=1S/C15H14N4/c1-19-14-4-5-16-9-13(14)18-15(19)10-2-3-11-7-17-8-12(11)6-10/h2-6,9,17H,7-8H2,1H3. The molecule has 4 heteroatoms. The molecule has 3 aromatic rings. The van der Waals surface area contributed by atoms with Crippen molar-refractivity contribution in [2.45, 2.75) is 13.1 Å². The van der Waals surface area contributed by atoms with Crippen molar-refractivity contribution in [1.82, 2.24) is 19.9 Å². The fourth-order valence-corrected chi connectivity index (χ4v) is 2.74. The molecule has 0 saturated carbocycles. The van der Waals surface area contributed by atoms with Gasteiger partial charge in [0.25, 0.3) is 0 Å². The lowest BCUT2D eigenvalue weighted by Gasteiger charge is -2.05. The highest BCUT2D eigenvalue weighted by Crippen LogP contribution is 2.26. The van der Waals surface area contributed by atoms with Crippen LogP contribution in [-0.4, -0.2) is 14.5 Å². The molecule has 4 rings (SSSR count). The van der Waals surface area contributed by atoms with Crippen molar-refractivity contribution in [3.63, 3.8) is 0 Å². The van der Waals surface area contributed by atoms with Crippen LogP contribution in [0.3, 0.4) is 0 Å². The van der Waals surface area contributed by atoms with E-state index in [2.05, 4.69) is 45.1 Å². The minimum atomic E-state index is 0.943. The summed E-state index contributed by atoms with van der Waals surface area (Å²) in [5.41, 5.74) is 6.00. The van der Waals surface area contributed by atoms with Gasteiger partial charge in [-0.1, -0.05) is 12.1 Å². The molecule has 1 N–H and O–H groups in total. The SMILES string of the molecule is Cn1c(-c2ccc3c(c2)CNC3)nc2cnccc21. The molecule has 0 saturated heterocycles. The van der Waals surface area contributed by atoms with Crippen molar-refractivity contribution in [2.75, 3.05) is 0 Å². The quantitative estimate of drug-likeness (QED) is 0.720. The molecule has 0 aliphatic carbocycles. The second-order valence-electron chi connectivity index (χ2n) is 4.95. The Kier molecular flexibility index (Phi) is 2.19. The van der Waals surface area contributed by atoms with Gasteiger partial charge in [0.15, 0.2) is 0 Å². The molecule has 0 unspecified atom stereocenters. The van der Waals surface area contributed by atoms with Gasteiger partial charge < -0.3 is 9.88 Å². The van der Waals surface area contributed by atoms with Crippen LogP contribution in [-0.2, 0) is 20.1 Å². The zero-order valence-corrected chi connectivity index (χ0v) is 10.7. The molecule has 0 amide bonds. The number of fused-ring (bicyclic) bond motifs is 2. The monoisotopic (exact) mass is 250 g/mol. The highest BCUT2D eigenvalue weighted by molar-refractivity contribution is 5.79. The Balaban J connectivity index is 1.92. The van der Waals surface area contributed by atoms with E-state index in [0.29, 0.717) is 0 Å². The summed E-state index contributed by atoms with van der Waals surface area (Å²) in [6.07, 6.45) is 3.62. The van der Waals surface area contributed by atoms with E-state index in [4.69, 9.17) is 0 Å². The van der Waals surface area contributed by atoms with Crippen LogP contribution in [0.4, 0.5) is 0 Å². The van der Waals surface area contributed by atoms with Gasteiger partial charge in [-0.3, -0.25) is 4.98 Å². The number of nitrogens with zero attached hydrogens (tertiary/aromatic N) is 3. The van der Waals surface area contributed by atoms with Gasteiger partial charge in [0.1, 0.15) is 11.3 Å². The minimum Gasteiger partial charge on any atom is -0.327 e. The summed E-state index contributed by atoms with van der Waals surface area (Å²) in [5, 5.41) is 3.37. The average molecular weight is 250 g/mol. The Hall–Kier alpha value is -2.20. The zero-order valence-electron chi connectivity index (χ0n) is 10.7. The first-order chi connectivity index (χ1) is 9.33. The Morgan fingerprint density at radius 1 is 1.16 bits per heavy atom. The molecule has 1 aromatic carbocycles. The summed E-state index contributed by atoms with van der Waals surface area (Å²) in [4.78, 5) is 8.82. The summed E-state index contributed by atoms with van der Waals surface area (Å²) >= 11 is 0. The van der Waals surface area contributed by atoms with Crippen molar-refractivity contribution < 1.29 is 0 Å². The molecule has 0 atom stereocenters. The summed E-state index contributed by atoms with van der Waals surface area (Å²) in [7, 11) is 2.05. The van der Waals surface area contributed by atoms with Gasteiger partial charge in [-0.15, -0.1) is 0 Å². The topological polar surface area (TPSA) is 42.7 Å². The van der Waals surface area contributed by atoms with E-state index in [9.17, 15) is 0 Å². The first-order valence-electron chi connectivity index (χ1n) is 6.42. The fourth-order valence-electron chi connectivity index (χ4n) is 2.74. The fraction of sp³-hybridized carbons (Fsp3) is 0.200. The van der Waals surface area contributed by atoms with Crippen molar-refractivity contribution in [3.05, 3.63) is 47.8 Å². The molecular formula is C15H14N4. The Morgan fingerprint density at radius 2 is 2.05 bits per heavy atom. The number of pyridine rings is 1. The summed E-state index contributed by atoms with van der Waals surface area (Å²) in [5.74, 6) is 0.998. The molecule has 19 heavy (non-hydrogen) atoms. The van der Waals surface area contributed by atoms with E-state index in [0.717, 1.165) is 29.9 Å². The average Bonchev–Trinajstić information content (AvgIpc) is 3.03. The van der Waals surface area contributed by atoms with Crippen molar-refractivity contribution in [1.29, 1.82) is 0 Å². The number of benzene rings is 1. The van der Waals surface area contributed by atoms with Crippen LogP contribution in [0.2, 0.25) is 0 Å². The highest BCUT2D eigenvalue weighted by Gasteiger charge is 2.14. The van der Waals surface area contributed by atoms with E-state index in [-0.39, 0.29) is 0 Å². The number of hydrogen-bond donors (Lipinski definition) is 1. The smallest absolute Gasteiger partial charge is 0.140 e. The first kappa shape index (κ1) is 10.7. The van der Waals surface area contributed by atoms with Gasteiger partial charge >= 0.3 is 0 Å². The zero-order chi connectivity index (χ0) is 12.8. The number of nitrogens with one attached hydrogen (secondary N) is 1. The number of rotatable bonds is 1. The van der Waals surface area contributed by atoms with Crippen molar-refractivity contribution in [3.8, 4) is 11.4 Å². The minimum absolute atomic E-state index is 0.943. The first-order valence-corrected chi connectivity index (χ1v) is 6.42. The third-order valence-corrected chi connectivity index (χ3v) is 3.78. The van der Waals surface area contributed by atoms with Gasteiger partial charge in [-0.25, -0.2) is 4.98 Å². The third-order valence-electron chi connectivity index (χ3n) is 3.78. The maximum atomic E-state index is 4.69. The van der Waals surface area contributed by atoms with Crippen LogP contribution in [0, 0.1) is 0 Å². The van der Waals surface area contributed by atoms with Gasteiger partial charge in [0, 0.05) is 31.9 Å². The lowest BCUT2D eigenvalue weighted by molar-refractivity contribution is 0.765. The van der Waals surface area contributed by atoms with Gasteiger partial charge in [0.05, 0.1) is 11.7 Å². The number of aryl methyl sites for hydroxylation is 1. The molecule has 4 nitrogen and oxygen atoms in total. The summed E-state index contributed by atoms with van der Waals surface area (Å²) < 4.78 is 2.13. The lowest BCUT2D eigenvalue weighted by Crippen LogP contribution is -1.99. The maximum absolute atomic E-state index is 4.69. The molecule has 94 valence electrons. The highest BCUT2D eigenvalue weighted by atomic mass is 15.1. The second-order valence-corrected chi connectivity index (χ2v) is 4.95. The summed E-state index contributed by atoms with van der Waals surface area (Å²) in [6, 6.07) is 8.59. The van der Waals surface area contributed by atoms with Gasteiger partial charge in [-0.2, -0.15) is 0 Å². The molecule has 0 radical (unpaired) electrons. The number of hydrogen-bond acceptors (Lipinski definition) is 3. The Labute approximate surface area is 111 Å². The molecule has 2 aromatic heterocycles. The van der Waals surface area contributed by atoms with Crippen LogP contribution in [0.25, 0.3) is 22.4 Å². The third kappa shape index (κ3) is 1.57.